The van der Waals surface area contributed by atoms with Crippen LogP contribution in [0.5, 0.6) is 5.75 Å². The summed E-state index contributed by atoms with van der Waals surface area (Å²) in [5, 5.41) is 0.826. The molecular formula is C9H8ClIO. The largest absolute Gasteiger partial charge is 0.493 e. The van der Waals surface area contributed by atoms with Gasteiger partial charge in [-0.1, -0.05) is 40.3 Å². The molecule has 1 nitrogen and oxygen atoms in total. The fourth-order valence-electron chi connectivity index (χ4n) is 1.36. The van der Waals surface area contributed by atoms with Crippen molar-refractivity contribution in [2.24, 2.45) is 0 Å². The van der Waals surface area contributed by atoms with E-state index in [1.807, 2.05) is 18.2 Å². The lowest BCUT2D eigenvalue weighted by Crippen LogP contribution is -2.10. The third-order valence-corrected chi connectivity index (χ3v) is 3.53. The van der Waals surface area contributed by atoms with E-state index in [1.165, 1.54) is 0 Å². The van der Waals surface area contributed by atoms with E-state index in [0.29, 0.717) is 3.92 Å². The zero-order valence-corrected chi connectivity index (χ0v) is 9.30. The maximum absolute atomic E-state index is 6.05. The summed E-state index contributed by atoms with van der Waals surface area (Å²) in [5.41, 5.74) is 1.16. The van der Waals surface area contributed by atoms with Crippen molar-refractivity contribution in [3.63, 3.8) is 0 Å². The predicted octanol–water partition coefficient (Wildman–Crippen LogP) is 3.60. The molecule has 1 heterocycles. The van der Waals surface area contributed by atoms with Crippen molar-refractivity contribution >= 4 is 34.2 Å². The molecule has 0 aromatic heterocycles. The van der Waals surface area contributed by atoms with E-state index in [9.17, 15) is 0 Å². The summed E-state index contributed by atoms with van der Waals surface area (Å²) >= 11 is 8.46. The first-order valence-electron chi connectivity index (χ1n) is 3.84. The molecule has 0 saturated heterocycles. The van der Waals surface area contributed by atoms with Crippen LogP contribution >= 0.6 is 34.2 Å². The molecule has 1 aromatic rings. The lowest BCUT2D eigenvalue weighted by atomic mass is 10.1. The quantitative estimate of drug-likeness (QED) is 0.525. The van der Waals surface area contributed by atoms with Crippen LogP contribution in [-0.2, 0) is 0 Å². The van der Waals surface area contributed by atoms with Crippen LogP contribution in [0.25, 0.3) is 0 Å². The molecule has 0 saturated carbocycles. The summed E-state index contributed by atoms with van der Waals surface area (Å²) in [4.78, 5) is 0. The lowest BCUT2D eigenvalue weighted by molar-refractivity contribution is 0.289. The van der Waals surface area contributed by atoms with Gasteiger partial charge in [0.05, 0.1) is 6.61 Å². The fraction of sp³-hybridized carbons (Fsp3) is 0.333. The van der Waals surface area contributed by atoms with Gasteiger partial charge in [0.1, 0.15) is 5.75 Å². The Kier molecular flexibility index (Phi) is 2.46. The van der Waals surface area contributed by atoms with Crippen LogP contribution in [0.1, 0.15) is 15.9 Å². The van der Waals surface area contributed by atoms with Gasteiger partial charge in [0.25, 0.3) is 0 Å². The summed E-state index contributed by atoms with van der Waals surface area (Å²) < 4.78 is 5.99. The number of rotatable bonds is 0. The maximum Gasteiger partial charge on any atom is 0.125 e. The molecular weight excluding hydrogens is 286 g/mol. The molecule has 0 fully saturated rings. The Morgan fingerprint density at radius 1 is 1.50 bits per heavy atom. The Bertz CT molecular complexity index is 301. The molecule has 3 heteroatoms. The smallest absolute Gasteiger partial charge is 0.125 e. The van der Waals surface area contributed by atoms with Gasteiger partial charge in [-0.2, -0.15) is 0 Å². The van der Waals surface area contributed by atoms with Crippen molar-refractivity contribution < 1.29 is 4.74 Å². The first-order valence-corrected chi connectivity index (χ1v) is 5.46. The molecule has 2 rings (SSSR count). The van der Waals surface area contributed by atoms with Crippen LogP contribution in [0, 0.1) is 0 Å². The second-order valence-electron chi connectivity index (χ2n) is 2.76. The Morgan fingerprint density at radius 2 is 2.33 bits per heavy atom. The van der Waals surface area contributed by atoms with Gasteiger partial charge in [-0.3, -0.25) is 0 Å². The van der Waals surface area contributed by atoms with Gasteiger partial charge in [0.15, 0.2) is 0 Å². The predicted molar refractivity (Wildman–Crippen MR) is 58.3 cm³/mol. The molecule has 0 aliphatic carbocycles. The molecule has 1 aromatic carbocycles. The van der Waals surface area contributed by atoms with E-state index in [0.717, 1.165) is 29.4 Å². The zero-order valence-electron chi connectivity index (χ0n) is 6.39. The van der Waals surface area contributed by atoms with E-state index in [-0.39, 0.29) is 0 Å². The first kappa shape index (κ1) is 8.63. The van der Waals surface area contributed by atoms with Crippen LogP contribution in [-0.4, -0.2) is 6.61 Å². The number of ether oxygens (including phenoxy) is 1. The third kappa shape index (κ3) is 1.42. The molecule has 12 heavy (non-hydrogen) atoms. The van der Waals surface area contributed by atoms with Crippen molar-refractivity contribution in [2.75, 3.05) is 6.61 Å². The molecule has 0 spiro atoms. The van der Waals surface area contributed by atoms with Crippen molar-refractivity contribution in [2.45, 2.75) is 10.3 Å². The highest BCUT2D eigenvalue weighted by Crippen LogP contribution is 2.41. The standard InChI is InChI=1S/C9H8ClIO/c10-6-2-1-3-8-9(6)7(11)4-5-12-8/h1-3,7H,4-5H2. The van der Waals surface area contributed by atoms with E-state index in [1.54, 1.807) is 0 Å². The molecule has 0 amide bonds. The van der Waals surface area contributed by atoms with Crippen molar-refractivity contribution in [1.82, 2.24) is 0 Å². The minimum absolute atomic E-state index is 0.500. The third-order valence-electron chi connectivity index (χ3n) is 1.96. The summed E-state index contributed by atoms with van der Waals surface area (Å²) in [6.07, 6.45) is 1.05. The van der Waals surface area contributed by atoms with Gasteiger partial charge in [0, 0.05) is 14.5 Å². The Balaban J connectivity index is 2.53. The first-order chi connectivity index (χ1) is 5.79. The molecule has 0 N–H and O–H groups in total. The Morgan fingerprint density at radius 3 is 3.08 bits per heavy atom. The molecule has 0 bridgehead atoms. The molecule has 1 aliphatic heterocycles. The molecule has 1 unspecified atom stereocenters. The monoisotopic (exact) mass is 294 g/mol. The number of hydrogen-bond acceptors (Lipinski definition) is 1. The summed E-state index contributed by atoms with van der Waals surface area (Å²) in [6, 6.07) is 5.82. The van der Waals surface area contributed by atoms with E-state index in [4.69, 9.17) is 16.3 Å². The maximum atomic E-state index is 6.05. The van der Waals surface area contributed by atoms with Crippen molar-refractivity contribution in [3.8, 4) is 5.75 Å². The van der Waals surface area contributed by atoms with Crippen molar-refractivity contribution in [3.05, 3.63) is 28.8 Å². The molecule has 64 valence electrons. The van der Waals surface area contributed by atoms with E-state index >= 15 is 0 Å². The number of halogens is 2. The van der Waals surface area contributed by atoms with E-state index < -0.39 is 0 Å². The van der Waals surface area contributed by atoms with Crippen molar-refractivity contribution in [1.29, 1.82) is 0 Å². The highest BCUT2D eigenvalue weighted by Gasteiger charge is 2.20. The Labute approximate surface area is 90.2 Å². The number of hydrogen-bond donors (Lipinski definition) is 0. The number of fused-ring (bicyclic) bond motifs is 1. The topological polar surface area (TPSA) is 9.23 Å². The minimum Gasteiger partial charge on any atom is -0.493 e. The van der Waals surface area contributed by atoms with Crippen LogP contribution in [0.3, 0.4) is 0 Å². The minimum atomic E-state index is 0.500. The number of alkyl halides is 1. The van der Waals surface area contributed by atoms with Gasteiger partial charge in [0.2, 0.25) is 0 Å². The highest BCUT2D eigenvalue weighted by molar-refractivity contribution is 14.1. The van der Waals surface area contributed by atoms with Crippen LogP contribution in [0.4, 0.5) is 0 Å². The highest BCUT2D eigenvalue weighted by atomic mass is 127. The second kappa shape index (κ2) is 3.42. The Hall–Kier alpha value is 0.0400. The molecule has 1 atom stereocenters. The fourth-order valence-corrected chi connectivity index (χ4v) is 2.74. The van der Waals surface area contributed by atoms with Gasteiger partial charge < -0.3 is 4.74 Å². The molecule has 1 aliphatic rings. The van der Waals surface area contributed by atoms with Crippen LogP contribution in [0.2, 0.25) is 5.02 Å². The average Bonchev–Trinajstić information content (AvgIpc) is 2.04. The van der Waals surface area contributed by atoms with Gasteiger partial charge in [-0.15, -0.1) is 0 Å². The van der Waals surface area contributed by atoms with Gasteiger partial charge in [-0.05, 0) is 18.6 Å². The summed E-state index contributed by atoms with van der Waals surface area (Å²) in [5.74, 6) is 0.952. The van der Waals surface area contributed by atoms with Crippen LogP contribution < -0.4 is 4.74 Å². The zero-order chi connectivity index (χ0) is 8.55. The summed E-state index contributed by atoms with van der Waals surface area (Å²) in [7, 11) is 0. The van der Waals surface area contributed by atoms with Gasteiger partial charge >= 0.3 is 0 Å². The normalized spacial score (nSPS) is 21.3. The average molecular weight is 295 g/mol. The second-order valence-corrected chi connectivity index (χ2v) is 4.67. The van der Waals surface area contributed by atoms with E-state index in [2.05, 4.69) is 22.6 Å². The SMILES string of the molecule is Clc1cccc2c1C(I)CCO2. The number of benzene rings is 1. The molecule has 0 radical (unpaired) electrons. The summed E-state index contributed by atoms with van der Waals surface area (Å²) in [6.45, 7) is 0.806. The van der Waals surface area contributed by atoms with Gasteiger partial charge in [-0.25, -0.2) is 0 Å². The van der Waals surface area contributed by atoms with Crippen LogP contribution in [0.15, 0.2) is 18.2 Å². The lowest BCUT2D eigenvalue weighted by Gasteiger charge is -2.22.